The van der Waals surface area contributed by atoms with E-state index in [0.29, 0.717) is 5.69 Å². The fourth-order valence-electron chi connectivity index (χ4n) is 0.763. The van der Waals surface area contributed by atoms with E-state index in [1.165, 1.54) is 6.33 Å². The fourth-order valence-corrected chi connectivity index (χ4v) is 0.904. The van der Waals surface area contributed by atoms with Gasteiger partial charge in [-0.05, 0) is 5.82 Å². The van der Waals surface area contributed by atoms with E-state index in [9.17, 15) is 4.39 Å². The predicted octanol–water partition coefficient (Wildman–Crippen LogP) is 0.963. The number of nitrogens with zero attached hydrogens (tertiary/aromatic N) is 2. The lowest BCUT2D eigenvalue weighted by atomic mass is 9.86. The molecule has 1 aromatic heterocycles. The Kier molecular flexibility index (Phi) is 2.44. The summed E-state index contributed by atoms with van der Waals surface area (Å²) in [5.41, 5.74) is 0.366. The van der Waals surface area contributed by atoms with Gasteiger partial charge in [0.05, 0.1) is 5.69 Å². The maximum absolute atomic E-state index is 13.0. The molecule has 11 heavy (non-hydrogen) atoms. The highest BCUT2D eigenvalue weighted by Crippen LogP contribution is 2.17. The van der Waals surface area contributed by atoms with Gasteiger partial charge in [-0.3, -0.25) is 0 Å². The molecular weight excluding hydrogens is 165 g/mol. The van der Waals surface area contributed by atoms with Crippen molar-refractivity contribution < 1.29 is 4.39 Å². The molecule has 1 rings (SSSR count). The summed E-state index contributed by atoms with van der Waals surface area (Å²) in [6.45, 7) is 1.85. The third-order valence-corrected chi connectivity index (χ3v) is 1.58. The van der Waals surface area contributed by atoms with Gasteiger partial charge in [0.1, 0.15) is 14.2 Å². The summed E-state index contributed by atoms with van der Waals surface area (Å²) in [6, 6.07) is 0. The van der Waals surface area contributed by atoms with Crippen LogP contribution in [0.3, 0.4) is 0 Å². The maximum atomic E-state index is 13.0. The van der Waals surface area contributed by atoms with Gasteiger partial charge in [-0.2, -0.15) is 0 Å². The molecule has 0 amide bonds. The van der Waals surface area contributed by atoms with Gasteiger partial charge in [0.2, 0.25) is 0 Å². The molecule has 0 spiro atoms. The van der Waals surface area contributed by atoms with Crippen molar-refractivity contribution in [3.05, 3.63) is 23.0 Å². The molecule has 1 atom stereocenters. The molecular formula is C6H7BClFN2. The molecule has 58 valence electrons. The smallest absolute Gasteiger partial charge is 0.181 e. The summed E-state index contributed by atoms with van der Waals surface area (Å²) in [6.07, 6.45) is 1.26. The second kappa shape index (κ2) is 3.18. The second-order valence-electron chi connectivity index (χ2n) is 2.52. The monoisotopic (exact) mass is 172 g/mol. The van der Waals surface area contributed by atoms with Crippen molar-refractivity contribution in [3.63, 3.8) is 0 Å². The highest BCUT2D eigenvalue weighted by Gasteiger charge is 2.11. The largest absolute Gasteiger partial charge is 0.239 e. The summed E-state index contributed by atoms with van der Waals surface area (Å²) in [5, 5.41) is -0.108. The van der Waals surface area contributed by atoms with Gasteiger partial charge in [-0.25, -0.2) is 14.4 Å². The lowest BCUT2D eigenvalue weighted by Crippen LogP contribution is -2.01. The van der Waals surface area contributed by atoms with Crippen molar-refractivity contribution in [2.75, 3.05) is 0 Å². The molecule has 0 aromatic carbocycles. The molecule has 0 aliphatic heterocycles. The summed E-state index contributed by atoms with van der Waals surface area (Å²) < 4.78 is 13.0. The highest BCUT2D eigenvalue weighted by molar-refractivity contribution is 6.29. The van der Waals surface area contributed by atoms with E-state index in [-0.39, 0.29) is 11.0 Å². The molecule has 2 nitrogen and oxygen atoms in total. The van der Waals surface area contributed by atoms with Gasteiger partial charge >= 0.3 is 0 Å². The molecule has 0 saturated carbocycles. The van der Waals surface area contributed by atoms with Gasteiger partial charge in [-0.15, -0.1) is 0 Å². The van der Waals surface area contributed by atoms with Crippen LogP contribution in [0.5, 0.6) is 0 Å². The zero-order valence-electron chi connectivity index (χ0n) is 6.31. The highest BCUT2D eigenvalue weighted by atomic mass is 35.5. The van der Waals surface area contributed by atoms with E-state index in [2.05, 4.69) is 9.97 Å². The van der Waals surface area contributed by atoms with Crippen molar-refractivity contribution >= 4 is 19.4 Å². The fraction of sp³-hybridized carbons (Fsp3) is 0.333. The van der Waals surface area contributed by atoms with E-state index < -0.39 is 5.82 Å². The quantitative estimate of drug-likeness (QED) is 0.466. The molecule has 1 heterocycles. The maximum Gasteiger partial charge on any atom is 0.181 e. The van der Waals surface area contributed by atoms with Crippen LogP contribution in [0.25, 0.3) is 0 Å². The van der Waals surface area contributed by atoms with Crippen LogP contribution >= 0.6 is 11.6 Å². The third kappa shape index (κ3) is 1.68. The van der Waals surface area contributed by atoms with E-state index in [1.807, 2.05) is 14.8 Å². The van der Waals surface area contributed by atoms with Crippen molar-refractivity contribution in [1.82, 2.24) is 9.97 Å². The van der Waals surface area contributed by atoms with Crippen LogP contribution in [0.4, 0.5) is 4.39 Å². The predicted molar refractivity (Wildman–Crippen MR) is 44.0 cm³/mol. The van der Waals surface area contributed by atoms with Crippen LogP contribution in [0.15, 0.2) is 6.33 Å². The molecule has 5 heteroatoms. The van der Waals surface area contributed by atoms with Crippen molar-refractivity contribution in [1.29, 1.82) is 0 Å². The van der Waals surface area contributed by atoms with Crippen LogP contribution in [0.2, 0.25) is 5.15 Å². The Hall–Kier alpha value is -0.635. The first-order valence-electron chi connectivity index (χ1n) is 3.28. The standard InChI is InChI=1S/C6H7BClFN2/c1-3(7)5-4(9)6(8)11-2-10-5/h2-3H,7H2,1H3. The van der Waals surface area contributed by atoms with Crippen molar-refractivity contribution in [2.45, 2.75) is 12.7 Å². The van der Waals surface area contributed by atoms with Crippen LogP contribution in [0, 0.1) is 5.82 Å². The van der Waals surface area contributed by atoms with E-state index >= 15 is 0 Å². The van der Waals surface area contributed by atoms with E-state index in [4.69, 9.17) is 11.6 Å². The van der Waals surface area contributed by atoms with E-state index in [0.717, 1.165) is 0 Å². The first-order chi connectivity index (χ1) is 5.13. The Bertz CT molecular complexity index is 267. The first kappa shape index (κ1) is 8.46. The summed E-state index contributed by atoms with van der Waals surface area (Å²) in [7, 11) is 1.85. The Morgan fingerprint density at radius 1 is 1.64 bits per heavy atom. The minimum absolute atomic E-state index is 0.0375. The summed E-state index contributed by atoms with van der Waals surface area (Å²) in [4.78, 5) is 7.27. The molecule has 0 saturated heterocycles. The average molecular weight is 172 g/mol. The topological polar surface area (TPSA) is 25.8 Å². The van der Waals surface area contributed by atoms with Crippen molar-refractivity contribution in [2.24, 2.45) is 0 Å². The Labute approximate surface area is 70.2 Å². The zero-order chi connectivity index (χ0) is 8.43. The van der Waals surface area contributed by atoms with Gasteiger partial charge in [0.25, 0.3) is 0 Å². The van der Waals surface area contributed by atoms with Crippen LogP contribution in [-0.4, -0.2) is 17.8 Å². The van der Waals surface area contributed by atoms with Crippen LogP contribution < -0.4 is 0 Å². The first-order valence-corrected chi connectivity index (χ1v) is 3.66. The Morgan fingerprint density at radius 2 is 2.27 bits per heavy atom. The summed E-state index contributed by atoms with van der Waals surface area (Å²) >= 11 is 5.43. The van der Waals surface area contributed by atoms with E-state index in [1.54, 1.807) is 0 Å². The molecule has 0 N–H and O–H groups in total. The third-order valence-electron chi connectivity index (χ3n) is 1.32. The van der Waals surface area contributed by atoms with Gasteiger partial charge in [-0.1, -0.05) is 18.5 Å². The van der Waals surface area contributed by atoms with Gasteiger partial charge < -0.3 is 0 Å². The van der Waals surface area contributed by atoms with Crippen molar-refractivity contribution in [3.8, 4) is 0 Å². The number of hydrogen-bond donors (Lipinski definition) is 0. The second-order valence-corrected chi connectivity index (χ2v) is 2.88. The Balaban J connectivity index is 3.17. The minimum Gasteiger partial charge on any atom is -0.239 e. The summed E-state index contributed by atoms with van der Waals surface area (Å²) in [5.74, 6) is -0.473. The SMILES string of the molecule is BC(C)c1ncnc(Cl)c1F. The number of halogens is 2. The lowest BCUT2D eigenvalue weighted by molar-refractivity contribution is 0.591. The van der Waals surface area contributed by atoms with Crippen LogP contribution in [0.1, 0.15) is 18.4 Å². The normalized spacial score (nSPS) is 13.0. The molecule has 0 radical (unpaired) electrons. The molecule has 1 aromatic rings. The number of hydrogen-bond acceptors (Lipinski definition) is 2. The number of aromatic nitrogens is 2. The Morgan fingerprint density at radius 3 is 2.73 bits per heavy atom. The minimum atomic E-state index is -0.510. The van der Waals surface area contributed by atoms with Gasteiger partial charge in [0, 0.05) is 0 Å². The molecule has 0 bridgehead atoms. The average Bonchev–Trinajstić information content (AvgIpc) is 1.94. The molecule has 0 aliphatic rings. The number of rotatable bonds is 1. The van der Waals surface area contributed by atoms with Crippen LogP contribution in [-0.2, 0) is 0 Å². The zero-order valence-corrected chi connectivity index (χ0v) is 7.06. The molecule has 1 unspecified atom stereocenters. The lowest BCUT2D eigenvalue weighted by Gasteiger charge is -2.04. The molecule has 0 fully saturated rings. The van der Waals surface area contributed by atoms with Gasteiger partial charge in [0.15, 0.2) is 11.0 Å². The molecule has 0 aliphatic carbocycles.